The van der Waals surface area contributed by atoms with Crippen molar-refractivity contribution in [1.29, 1.82) is 0 Å². The first-order valence-electron chi connectivity index (χ1n) is 8.23. The largest absolute Gasteiger partial charge is 0.490 e. The van der Waals surface area contributed by atoms with Crippen LogP contribution in [0.4, 0.5) is 0 Å². The van der Waals surface area contributed by atoms with Crippen molar-refractivity contribution in [1.82, 2.24) is 5.32 Å². The van der Waals surface area contributed by atoms with Gasteiger partial charge in [-0.3, -0.25) is 0 Å². The molecule has 0 saturated heterocycles. The van der Waals surface area contributed by atoms with Gasteiger partial charge in [0.15, 0.2) is 0 Å². The van der Waals surface area contributed by atoms with Crippen LogP contribution in [0.15, 0.2) is 18.2 Å². The van der Waals surface area contributed by atoms with Crippen molar-refractivity contribution >= 4 is 0 Å². The molecule has 0 aromatic heterocycles. The third kappa shape index (κ3) is 3.58. The van der Waals surface area contributed by atoms with E-state index in [9.17, 15) is 5.11 Å². The fourth-order valence-corrected chi connectivity index (χ4v) is 3.37. The Labute approximate surface area is 127 Å². The first-order chi connectivity index (χ1) is 10.1. The molecule has 2 atom stereocenters. The number of aryl methyl sites for hydroxylation is 2. The van der Waals surface area contributed by atoms with Crippen molar-refractivity contribution in [2.45, 2.75) is 70.1 Å². The summed E-state index contributed by atoms with van der Waals surface area (Å²) in [6.07, 6.45) is 6.89. The maximum absolute atomic E-state index is 9.86. The Morgan fingerprint density at radius 1 is 1.24 bits per heavy atom. The summed E-state index contributed by atoms with van der Waals surface area (Å²) in [5.74, 6) is 0.961. The van der Waals surface area contributed by atoms with E-state index in [-0.39, 0.29) is 18.2 Å². The molecule has 0 heterocycles. The van der Waals surface area contributed by atoms with Gasteiger partial charge in [-0.15, -0.1) is 0 Å². The Morgan fingerprint density at radius 2 is 2.05 bits per heavy atom. The summed E-state index contributed by atoms with van der Waals surface area (Å²) in [6, 6.07) is 6.93. The molecule has 3 nitrogen and oxygen atoms in total. The number of nitrogens with one attached hydrogen (secondary N) is 1. The molecule has 0 aliphatic heterocycles. The molecular weight excluding hydrogens is 262 g/mol. The molecule has 0 spiro atoms. The monoisotopic (exact) mass is 289 g/mol. The third-order valence-electron chi connectivity index (χ3n) is 4.97. The Morgan fingerprint density at radius 3 is 2.71 bits per heavy atom. The molecule has 21 heavy (non-hydrogen) atoms. The van der Waals surface area contributed by atoms with E-state index < -0.39 is 0 Å². The van der Waals surface area contributed by atoms with Crippen LogP contribution in [0.1, 0.15) is 49.7 Å². The second kappa shape index (κ2) is 5.98. The van der Waals surface area contributed by atoms with Gasteiger partial charge in [0.25, 0.3) is 0 Å². The highest BCUT2D eigenvalue weighted by Crippen LogP contribution is 2.34. The minimum absolute atomic E-state index is 0.121. The lowest BCUT2D eigenvalue weighted by atomic mass is 9.80. The zero-order chi connectivity index (χ0) is 14.9. The summed E-state index contributed by atoms with van der Waals surface area (Å²) >= 11 is 0. The van der Waals surface area contributed by atoms with E-state index in [4.69, 9.17) is 4.74 Å². The lowest BCUT2D eigenvalue weighted by Gasteiger charge is -2.40. The minimum atomic E-state index is -0.121. The van der Waals surface area contributed by atoms with Gasteiger partial charge in [-0.05, 0) is 69.2 Å². The van der Waals surface area contributed by atoms with Crippen LogP contribution in [0.25, 0.3) is 0 Å². The van der Waals surface area contributed by atoms with Crippen molar-refractivity contribution in [2.24, 2.45) is 0 Å². The molecule has 2 fully saturated rings. The van der Waals surface area contributed by atoms with Crippen LogP contribution < -0.4 is 10.1 Å². The summed E-state index contributed by atoms with van der Waals surface area (Å²) in [5, 5.41) is 13.5. The number of aliphatic hydroxyl groups excluding tert-OH is 1. The number of ether oxygens (including phenoxy) is 1. The van der Waals surface area contributed by atoms with Gasteiger partial charge in [0.1, 0.15) is 11.9 Å². The highest BCUT2D eigenvalue weighted by molar-refractivity contribution is 5.34. The lowest BCUT2D eigenvalue weighted by molar-refractivity contribution is 0.0497. The highest BCUT2D eigenvalue weighted by atomic mass is 16.5. The summed E-state index contributed by atoms with van der Waals surface area (Å²) < 4.78 is 6.20. The lowest BCUT2D eigenvalue weighted by Crippen LogP contribution is -2.54. The fraction of sp³-hybridized carbons (Fsp3) is 0.667. The molecule has 2 N–H and O–H groups in total. The number of hydrogen-bond acceptors (Lipinski definition) is 3. The maximum atomic E-state index is 9.86. The molecule has 3 rings (SSSR count). The molecule has 3 heteroatoms. The normalized spacial score (nSPS) is 29.4. The van der Waals surface area contributed by atoms with Crippen LogP contribution in [0.5, 0.6) is 5.75 Å². The Kier molecular flexibility index (Phi) is 4.23. The second-order valence-electron chi connectivity index (χ2n) is 6.94. The predicted octanol–water partition coefficient (Wildman–Crippen LogP) is 3.11. The van der Waals surface area contributed by atoms with E-state index in [0.717, 1.165) is 31.4 Å². The molecule has 0 amide bonds. The van der Waals surface area contributed by atoms with Gasteiger partial charge in [0, 0.05) is 18.0 Å². The number of benzene rings is 1. The van der Waals surface area contributed by atoms with Crippen LogP contribution in [0, 0.1) is 13.8 Å². The van der Waals surface area contributed by atoms with Crippen LogP contribution >= 0.6 is 0 Å². The average molecular weight is 289 g/mol. The summed E-state index contributed by atoms with van der Waals surface area (Å²) in [4.78, 5) is 0. The Bertz CT molecular complexity index is 498. The SMILES string of the molecule is Cc1ccc(OC2CCCC(CO)(NC3CC3)C2)cc1C. The van der Waals surface area contributed by atoms with E-state index in [1.807, 2.05) is 0 Å². The van der Waals surface area contributed by atoms with Gasteiger partial charge in [-0.1, -0.05) is 6.07 Å². The minimum Gasteiger partial charge on any atom is -0.490 e. The number of aliphatic hydroxyl groups is 1. The van der Waals surface area contributed by atoms with E-state index in [0.29, 0.717) is 6.04 Å². The third-order valence-corrected chi connectivity index (χ3v) is 4.97. The average Bonchev–Trinajstić information content (AvgIpc) is 3.27. The van der Waals surface area contributed by atoms with E-state index in [1.54, 1.807) is 0 Å². The predicted molar refractivity (Wildman–Crippen MR) is 84.8 cm³/mol. The van der Waals surface area contributed by atoms with Gasteiger partial charge in [0.05, 0.1) is 6.61 Å². The van der Waals surface area contributed by atoms with Gasteiger partial charge in [-0.2, -0.15) is 0 Å². The molecule has 2 aliphatic carbocycles. The Balaban J connectivity index is 1.65. The molecule has 2 unspecified atom stereocenters. The van der Waals surface area contributed by atoms with Crippen LogP contribution in [-0.4, -0.2) is 29.4 Å². The number of rotatable bonds is 5. The second-order valence-corrected chi connectivity index (χ2v) is 6.94. The quantitative estimate of drug-likeness (QED) is 0.875. The molecular formula is C18H27NO2. The van der Waals surface area contributed by atoms with Crippen LogP contribution in [-0.2, 0) is 0 Å². The van der Waals surface area contributed by atoms with Crippen molar-refractivity contribution in [3.63, 3.8) is 0 Å². The van der Waals surface area contributed by atoms with Crippen LogP contribution in [0.2, 0.25) is 0 Å². The molecule has 1 aromatic rings. The smallest absolute Gasteiger partial charge is 0.120 e. The zero-order valence-electron chi connectivity index (χ0n) is 13.2. The topological polar surface area (TPSA) is 41.5 Å². The van der Waals surface area contributed by atoms with E-state index >= 15 is 0 Å². The molecule has 0 bridgehead atoms. The first-order valence-corrected chi connectivity index (χ1v) is 8.23. The van der Waals surface area contributed by atoms with Crippen molar-refractivity contribution < 1.29 is 9.84 Å². The summed E-state index contributed by atoms with van der Waals surface area (Å²) in [5.41, 5.74) is 2.45. The van der Waals surface area contributed by atoms with Gasteiger partial charge in [-0.25, -0.2) is 0 Å². The van der Waals surface area contributed by atoms with E-state index in [1.165, 1.54) is 24.0 Å². The summed E-state index contributed by atoms with van der Waals surface area (Å²) in [7, 11) is 0. The van der Waals surface area contributed by atoms with Crippen molar-refractivity contribution in [3.05, 3.63) is 29.3 Å². The Hall–Kier alpha value is -1.06. The molecule has 116 valence electrons. The van der Waals surface area contributed by atoms with Gasteiger partial charge < -0.3 is 15.2 Å². The first kappa shape index (κ1) is 14.9. The standard InChI is InChI=1S/C18H27NO2/c1-13-5-8-16(10-14(13)2)21-17-4-3-9-18(11-17,12-20)19-15-6-7-15/h5,8,10,15,17,19-20H,3-4,6-7,9,11-12H2,1-2H3. The molecule has 0 radical (unpaired) electrons. The van der Waals surface area contributed by atoms with E-state index in [2.05, 4.69) is 37.4 Å². The zero-order valence-corrected chi connectivity index (χ0v) is 13.2. The maximum Gasteiger partial charge on any atom is 0.120 e. The van der Waals surface area contributed by atoms with Crippen molar-refractivity contribution in [3.8, 4) is 5.75 Å². The van der Waals surface area contributed by atoms with Gasteiger partial charge >= 0.3 is 0 Å². The molecule has 2 aliphatic rings. The molecule has 2 saturated carbocycles. The van der Waals surface area contributed by atoms with Gasteiger partial charge in [0.2, 0.25) is 0 Å². The number of hydrogen-bond donors (Lipinski definition) is 2. The highest BCUT2D eigenvalue weighted by Gasteiger charge is 2.40. The summed E-state index contributed by atoms with van der Waals surface area (Å²) in [6.45, 7) is 4.46. The van der Waals surface area contributed by atoms with Crippen molar-refractivity contribution in [2.75, 3.05) is 6.61 Å². The fourth-order valence-electron chi connectivity index (χ4n) is 3.37. The van der Waals surface area contributed by atoms with Crippen LogP contribution in [0.3, 0.4) is 0 Å². The molecule has 1 aromatic carbocycles.